The van der Waals surface area contributed by atoms with Gasteiger partial charge in [0.05, 0.1) is 16.9 Å². The van der Waals surface area contributed by atoms with Crippen molar-refractivity contribution in [3.8, 4) is 11.1 Å². The van der Waals surface area contributed by atoms with Crippen LogP contribution in [0.5, 0.6) is 0 Å². The van der Waals surface area contributed by atoms with Crippen LogP contribution in [0, 0.1) is 13.8 Å². The summed E-state index contributed by atoms with van der Waals surface area (Å²) in [5.41, 5.74) is 2.11. The molecule has 0 bridgehead atoms. The van der Waals surface area contributed by atoms with Crippen molar-refractivity contribution in [2.45, 2.75) is 55.6 Å². The normalized spacial score (nSPS) is 12.8. The minimum absolute atomic E-state index is 0.0719. The maximum absolute atomic E-state index is 13.1. The Bertz CT molecular complexity index is 1290. The van der Waals surface area contributed by atoms with Crippen molar-refractivity contribution in [2.75, 3.05) is 6.54 Å². The Hall–Kier alpha value is -2.99. The van der Waals surface area contributed by atoms with Crippen LogP contribution in [0.2, 0.25) is 0 Å². The molecule has 0 radical (unpaired) electrons. The minimum Gasteiger partial charge on any atom is -0.481 e. The Morgan fingerprint density at radius 2 is 1.59 bits per heavy atom. The van der Waals surface area contributed by atoms with E-state index in [1.54, 1.807) is 32.0 Å². The van der Waals surface area contributed by atoms with E-state index in [0.717, 1.165) is 40.2 Å². The van der Waals surface area contributed by atoms with E-state index in [4.69, 9.17) is 5.11 Å². The lowest BCUT2D eigenvalue weighted by molar-refractivity contribution is -0.138. The smallest absolute Gasteiger partial charge is 0.416 e. The Morgan fingerprint density at radius 1 is 0.974 bits per heavy atom. The number of carbonyl (C=O) groups is 2. The number of aliphatic carboxylic acids is 1. The standard InChI is InChI=1S/C27H25F6NO3S2/c1-15-13-19(14-16(2)24(15)17-3-5-18(6-4-17)27(31,32)33)38-21(9-11-26(28,29)30)20-7-8-22(39-20)25(37)34-12-10-23(35)36/h3-8,13-14,21H,9-12H2,1-2H3,(H,34,37)(H,35,36)/t21-/m1/s1. The third-order valence-corrected chi connectivity index (χ3v) is 8.40. The first-order valence-electron chi connectivity index (χ1n) is 11.8. The van der Waals surface area contributed by atoms with E-state index in [2.05, 4.69) is 5.32 Å². The van der Waals surface area contributed by atoms with Gasteiger partial charge in [0.25, 0.3) is 5.91 Å². The number of carboxylic acid groups (broad SMARTS) is 1. The quantitative estimate of drug-likeness (QED) is 0.184. The number of halogens is 6. The molecule has 2 N–H and O–H groups in total. The number of carbonyl (C=O) groups excluding carboxylic acids is 1. The summed E-state index contributed by atoms with van der Waals surface area (Å²) < 4.78 is 78.1. The number of hydrogen-bond acceptors (Lipinski definition) is 4. The van der Waals surface area contributed by atoms with Crippen molar-refractivity contribution >= 4 is 35.0 Å². The van der Waals surface area contributed by atoms with Crippen molar-refractivity contribution < 1.29 is 41.0 Å². The summed E-state index contributed by atoms with van der Waals surface area (Å²) in [6.45, 7) is 3.51. The van der Waals surface area contributed by atoms with Crippen LogP contribution in [0.4, 0.5) is 26.3 Å². The van der Waals surface area contributed by atoms with Crippen LogP contribution in [0.25, 0.3) is 11.1 Å². The molecule has 3 aromatic rings. The molecule has 0 aliphatic heterocycles. The molecule has 1 aromatic heterocycles. The Morgan fingerprint density at radius 3 is 2.13 bits per heavy atom. The van der Waals surface area contributed by atoms with E-state index in [9.17, 15) is 35.9 Å². The number of amides is 1. The van der Waals surface area contributed by atoms with Gasteiger partial charge in [-0.2, -0.15) is 26.3 Å². The van der Waals surface area contributed by atoms with Gasteiger partial charge in [-0.1, -0.05) is 12.1 Å². The fourth-order valence-corrected chi connectivity index (χ4v) is 6.49. The largest absolute Gasteiger partial charge is 0.481 e. The number of thioether (sulfide) groups is 1. The number of nitrogens with one attached hydrogen (secondary N) is 1. The lowest BCUT2D eigenvalue weighted by atomic mass is 9.95. The van der Waals surface area contributed by atoms with Crippen molar-refractivity contribution in [2.24, 2.45) is 0 Å². The van der Waals surface area contributed by atoms with Crippen LogP contribution in [0.3, 0.4) is 0 Å². The zero-order valence-electron chi connectivity index (χ0n) is 20.9. The second kappa shape index (κ2) is 12.5. The van der Waals surface area contributed by atoms with Gasteiger partial charge >= 0.3 is 18.3 Å². The molecule has 0 aliphatic carbocycles. The summed E-state index contributed by atoms with van der Waals surface area (Å²) in [5, 5.41) is 10.6. The van der Waals surface area contributed by atoms with E-state index in [0.29, 0.717) is 15.3 Å². The molecule has 0 aliphatic rings. The van der Waals surface area contributed by atoms with Gasteiger partial charge < -0.3 is 10.4 Å². The number of aryl methyl sites for hydroxylation is 2. The van der Waals surface area contributed by atoms with Crippen LogP contribution in [-0.4, -0.2) is 29.7 Å². The van der Waals surface area contributed by atoms with Gasteiger partial charge in [-0.25, -0.2) is 0 Å². The van der Waals surface area contributed by atoms with Crippen molar-refractivity contribution in [1.82, 2.24) is 5.32 Å². The highest BCUT2D eigenvalue weighted by atomic mass is 32.2. The van der Waals surface area contributed by atoms with Gasteiger partial charge in [0.1, 0.15) is 0 Å². The molecule has 0 fully saturated rings. The Balaban J connectivity index is 1.84. The molecule has 1 atom stereocenters. The highest BCUT2D eigenvalue weighted by Crippen LogP contribution is 2.45. The number of hydrogen-bond donors (Lipinski definition) is 2. The molecule has 0 saturated carbocycles. The predicted molar refractivity (Wildman–Crippen MR) is 139 cm³/mol. The lowest BCUT2D eigenvalue weighted by Gasteiger charge is -2.19. The number of rotatable bonds is 10. The maximum Gasteiger partial charge on any atom is 0.416 e. The molecular formula is C27H25F6NO3S2. The first-order chi connectivity index (χ1) is 18.1. The van der Waals surface area contributed by atoms with Gasteiger partial charge in [0.15, 0.2) is 0 Å². The summed E-state index contributed by atoms with van der Waals surface area (Å²) in [5.74, 6) is -1.57. The fourth-order valence-electron chi connectivity index (χ4n) is 4.01. The van der Waals surface area contributed by atoms with Gasteiger partial charge in [-0.05, 0) is 78.9 Å². The molecular weight excluding hydrogens is 564 g/mol. The molecule has 1 heterocycles. The first kappa shape index (κ1) is 30.6. The Kier molecular flexibility index (Phi) is 9.76. The fraction of sp³-hybridized carbons (Fsp3) is 0.333. The molecule has 12 heteroatoms. The molecule has 4 nitrogen and oxygen atoms in total. The van der Waals surface area contributed by atoms with Gasteiger partial charge in [0, 0.05) is 28.0 Å². The number of carboxylic acids is 1. The molecule has 39 heavy (non-hydrogen) atoms. The summed E-state index contributed by atoms with van der Waals surface area (Å²) in [6, 6.07) is 11.5. The highest BCUT2D eigenvalue weighted by molar-refractivity contribution is 7.99. The van der Waals surface area contributed by atoms with Crippen molar-refractivity contribution in [1.29, 1.82) is 0 Å². The third-order valence-electron chi connectivity index (χ3n) is 5.77. The van der Waals surface area contributed by atoms with Crippen molar-refractivity contribution in [3.05, 3.63) is 75.0 Å². The van der Waals surface area contributed by atoms with Crippen LogP contribution < -0.4 is 5.32 Å². The average Bonchev–Trinajstić information content (AvgIpc) is 3.30. The predicted octanol–water partition coefficient (Wildman–Crippen LogP) is 8.43. The third kappa shape index (κ3) is 8.76. The number of alkyl halides is 6. The average molecular weight is 590 g/mol. The van der Waals surface area contributed by atoms with Crippen LogP contribution in [-0.2, 0) is 11.0 Å². The summed E-state index contributed by atoms with van der Waals surface area (Å²) in [4.78, 5) is 24.5. The second-order valence-electron chi connectivity index (χ2n) is 8.87. The van der Waals surface area contributed by atoms with E-state index in [1.807, 2.05) is 0 Å². The lowest BCUT2D eigenvalue weighted by Crippen LogP contribution is -2.25. The topological polar surface area (TPSA) is 66.4 Å². The van der Waals surface area contributed by atoms with Gasteiger partial charge in [0.2, 0.25) is 0 Å². The first-order valence-corrected chi connectivity index (χ1v) is 13.5. The van der Waals surface area contributed by atoms with E-state index in [1.165, 1.54) is 30.0 Å². The molecule has 1 amide bonds. The zero-order chi connectivity index (χ0) is 29.0. The summed E-state index contributed by atoms with van der Waals surface area (Å²) in [6.07, 6.45) is -10.3. The second-order valence-corrected chi connectivity index (χ2v) is 11.3. The molecule has 2 aromatic carbocycles. The van der Waals surface area contributed by atoms with Crippen LogP contribution in [0.1, 0.15) is 55.8 Å². The Labute approximate surface area is 229 Å². The molecule has 210 valence electrons. The SMILES string of the molecule is Cc1cc(S[C@H](CCC(F)(F)F)c2ccc(C(=O)NCCC(=O)O)s2)cc(C)c1-c1ccc(C(F)(F)F)cc1. The van der Waals surface area contributed by atoms with Crippen LogP contribution in [0.15, 0.2) is 53.4 Å². The molecule has 3 rings (SSSR count). The van der Waals surface area contributed by atoms with Gasteiger partial charge in [-0.3, -0.25) is 9.59 Å². The van der Waals surface area contributed by atoms with E-state index in [-0.39, 0.29) is 24.3 Å². The van der Waals surface area contributed by atoms with Crippen LogP contribution >= 0.6 is 23.1 Å². The summed E-state index contributed by atoms with van der Waals surface area (Å²) in [7, 11) is 0. The minimum atomic E-state index is -4.45. The highest BCUT2D eigenvalue weighted by Gasteiger charge is 2.31. The van der Waals surface area contributed by atoms with E-state index < -0.39 is 41.5 Å². The maximum atomic E-state index is 13.1. The molecule has 0 unspecified atom stereocenters. The molecule has 0 spiro atoms. The molecule has 0 saturated heterocycles. The monoisotopic (exact) mass is 589 g/mol. The van der Waals surface area contributed by atoms with Crippen molar-refractivity contribution in [3.63, 3.8) is 0 Å². The number of thiophene rings is 1. The van der Waals surface area contributed by atoms with Gasteiger partial charge in [-0.15, -0.1) is 23.1 Å². The summed E-state index contributed by atoms with van der Waals surface area (Å²) >= 11 is 2.27. The number of benzene rings is 2. The van der Waals surface area contributed by atoms with E-state index >= 15 is 0 Å². The zero-order valence-corrected chi connectivity index (χ0v) is 22.5.